The lowest BCUT2D eigenvalue weighted by Crippen LogP contribution is -2.65. The predicted molar refractivity (Wildman–Crippen MR) is 134 cm³/mol. The molecule has 21 heteroatoms. The molecular formula is C24H42O21. The minimum atomic E-state index is -2.01. The van der Waals surface area contributed by atoms with Crippen LogP contribution in [0.25, 0.3) is 0 Å². The van der Waals surface area contributed by atoms with E-state index in [1.165, 1.54) is 0 Å². The largest absolute Gasteiger partial charge is 0.394 e. The summed E-state index contributed by atoms with van der Waals surface area (Å²) in [6.07, 6.45) is -34.6. The van der Waals surface area contributed by atoms with E-state index >= 15 is 0 Å². The van der Waals surface area contributed by atoms with Crippen LogP contribution in [0, 0.1) is 0 Å². The first-order valence-electron chi connectivity index (χ1n) is 14.1. The molecule has 0 aliphatic carbocycles. The van der Waals surface area contributed by atoms with Crippen molar-refractivity contribution in [1.29, 1.82) is 0 Å². The van der Waals surface area contributed by atoms with E-state index in [4.69, 9.17) is 33.2 Å². The van der Waals surface area contributed by atoms with E-state index in [1.807, 2.05) is 0 Å². The summed E-state index contributed by atoms with van der Waals surface area (Å²) in [5, 5.41) is 141. The maximum absolute atomic E-state index is 10.8. The molecule has 4 heterocycles. The van der Waals surface area contributed by atoms with Gasteiger partial charge in [0.2, 0.25) is 0 Å². The van der Waals surface area contributed by atoms with Gasteiger partial charge in [-0.25, -0.2) is 0 Å². The highest BCUT2D eigenvalue weighted by Crippen LogP contribution is 2.30. The van der Waals surface area contributed by atoms with E-state index in [0.717, 1.165) is 0 Å². The lowest BCUT2D eigenvalue weighted by Gasteiger charge is -2.46. The van der Waals surface area contributed by atoms with Gasteiger partial charge in [-0.1, -0.05) is 0 Å². The number of hydrogen-bond acceptors (Lipinski definition) is 21. The van der Waals surface area contributed by atoms with Crippen LogP contribution in [-0.4, -0.2) is 221 Å². The Bertz CT molecular complexity index is 914. The molecule has 4 aliphatic heterocycles. The zero-order valence-electron chi connectivity index (χ0n) is 23.5. The van der Waals surface area contributed by atoms with Gasteiger partial charge in [-0.3, -0.25) is 0 Å². The average Bonchev–Trinajstić information content (AvgIpc) is 3.02. The van der Waals surface area contributed by atoms with Gasteiger partial charge in [0.15, 0.2) is 25.2 Å². The van der Waals surface area contributed by atoms with Gasteiger partial charge in [0.05, 0.1) is 26.4 Å². The Morgan fingerprint density at radius 1 is 0.378 bits per heavy atom. The molecule has 4 aliphatic rings. The van der Waals surface area contributed by atoms with Crippen molar-refractivity contribution < 1.29 is 105 Å². The van der Waals surface area contributed by atoms with Crippen molar-refractivity contribution in [1.82, 2.24) is 0 Å². The highest BCUT2D eigenvalue weighted by Gasteiger charge is 2.52. The zero-order chi connectivity index (χ0) is 33.3. The molecule has 0 saturated carbocycles. The molecule has 0 aromatic rings. The highest BCUT2D eigenvalue weighted by molar-refractivity contribution is 4.95. The topological polar surface area (TPSA) is 348 Å². The van der Waals surface area contributed by atoms with Crippen molar-refractivity contribution in [2.24, 2.45) is 0 Å². The average molecular weight is 667 g/mol. The second-order valence-corrected chi connectivity index (χ2v) is 11.2. The minimum absolute atomic E-state index is 0.643. The molecule has 0 aromatic carbocycles. The van der Waals surface area contributed by atoms with Gasteiger partial charge in [0, 0.05) is 0 Å². The van der Waals surface area contributed by atoms with Crippen LogP contribution >= 0.6 is 0 Å². The molecule has 20 atom stereocenters. The third-order valence-electron chi connectivity index (χ3n) is 8.17. The number of ether oxygens (including phenoxy) is 7. The Morgan fingerprint density at radius 2 is 0.756 bits per heavy atom. The monoisotopic (exact) mass is 666 g/mol. The van der Waals surface area contributed by atoms with Crippen LogP contribution in [0.5, 0.6) is 0 Å². The Morgan fingerprint density at radius 3 is 1.22 bits per heavy atom. The molecule has 4 rings (SSSR count). The van der Waals surface area contributed by atoms with E-state index in [0.29, 0.717) is 0 Å². The molecule has 0 aromatic heterocycles. The third kappa shape index (κ3) is 7.75. The van der Waals surface area contributed by atoms with Crippen molar-refractivity contribution in [3.8, 4) is 0 Å². The van der Waals surface area contributed by atoms with Crippen LogP contribution < -0.4 is 0 Å². The molecule has 4 saturated heterocycles. The van der Waals surface area contributed by atoms with Gasteiger partial charge in [0.1, 0.15) is 97.7 Å². The molecule has 0 radical (unpaired) electrons. The van der Waals surface area contributed by atoms with Crippen molar-refractivity contribution in [2.45, 2.75) is 123 Å². The Balaban J connectivity index is 1.37. The smallest absolute Gasteiger partial charge is 0.187 e. The van der Waals surface area contributed by atoms with Crippen molar-refractivity contribution in [3.63, 3.8) is 0 Å². The zero-order valence-corrected chi connectivity index (χ0v) is 23.5. The summed E-state index contributed by atoms with van der Waals surface area (Å²) in [5.41, 5.74) is 0. The van der Waals surface area contributed by atoms with Crippen LogP contribution in [0.15, 0.2) is 0 Å². The van der Waals surface area contributed by atoms with Crippen LogP contribution in [0.2, 0.25) is 0 Å². The van der Waals surface area contributed by atoms with E-state index in [-0.39, 0.29) is 0 Å². The fourth-order valence-electron chi connectivity index (χ4n) is 5.33. The van der Waals surface area contributed by atoms with E-state index < -0.39 is 149 Å². The summed E-state index contributed by atoms with van der Waals surface area (Å²) >= 11 is 0. The fourth-order valence-corrected chi connectivity index (χ4v) is 5.33. The molecule has 0 spiro atoms. The SMILES string of the molecule is OC[C@H]1O[C@@H](OC[C@H]2O[C@@H](OC[C@H]3O[C@@H](O)[C@@H](O)[C@@H](O[C@@H]4O[C@H](CO)[C@@H](O)[C@H](O)[C@@H]4O)[C@@H]3O)[C@@H](O)[C@@H](O)[C@@H]2O)[C@@H](O)[C@@H](O)[C@@H]1O. The molecule has 45 heavy (non-hydrogen) atoms. The lowest BCUT2D eigenvalue weighted by molar-refractivity contribution is -0.363. The summed E-state index contributed by atoms with van der Waals surface area (Å²) in [6.45, 7) is -2.88. The minimum Gasteiger partial charge on any atom is -0.394 e. The van der Waals surface area contributed by atoms with Crippen LogP contribution in [0.4, 0.5) is 0 Å². The van der Waals surface area contributed by atoms with Gasteiger partial charge < -0.3 is 105 Å². The van der Waals surface area contributed by atoms with Crippen molar-refractivity contribution in [3.05, 3.63) is 0 Å². The maximum Gasteiger partial charge on any atom is 0.187 e. The first-order chi connectivity index (χ1) is 21.2. The third-order valence-corrected chi connectivity index (χ3v) is 8.17. The first kappa shape index (κ1) is 37.0. The summed E-state index contributed by atoms with van der Waals surface area (Å²) in [7, 11) is 0. The molecule has 4 fully saturated rings. The van der Waals surface area contributed by atoms with Crippen LogP contribution in [0.3, 0.4) is 0 Å². The van der Waals surface area contributed by atoms with Gasteiger partial charge in [-0.2, -0.15) is 0 Å². The lowest BCUT2D eigenvalue weighted by atomic mass is 9.97. The molecule has 21 nitrogen and oxygen atoms in total. The van der Waals surface area contributed by atoms with Crippen molar-refractivity contribution in [2.75, 3.05) is 26.4 Å². The van der Waals surface area contributed by atoms with Gasteiger partial charge in [-0.15, -0.1) is 0 Å². The van der Waals surface area contributed by atoms with Crippen LogP contribution in [-0.2, 0) is 33.2 Å². The second-order valence-electron chi connectivity index (χ2n) is 11.2. The summed E-state index contributed by atoms with van der Waals surface area (Å²) in [4.78, 5) is 0. The second kappa shape index (κ2) is 15.6. The Hall–Kier alpha value is -0.840. The van der Waals surface area contributed by atoms with Crippen LogP contribution in [0.1, 0.15) is 0 Å². The standard InChI is InChI=1S/C24H42O21/c25-1-5-9(27)13(31)16(34)22(42-5)39-3-7-11(29)15(33)17(35)23(44-7)40-4-8-12(30)20(19(37)21(38)41-8)45-24-18(36)14(32)10(28)6(2-26)43-24/h5-38H,1-4H2/t5-,6-,7-,8-,9-,10-,11-,12-,13+,14+,15+,16+,17+,18+,19+,20+,21-,22-,23-,24+/m1/s1. The summed E-state index contributed by atoms with van der Waals surface area (Å²) in [5.74, 6) is 0. The maximum atomic E-state index is 10.8. The van der Waals surface area contributed by atoms with Gasteiger partial charge >= 0.3 is 0 Å². The molecular weight excluding hydrogens is 624 g/mol. The van der Waals surface area contributed by atoms with E-state index in [9.17, 15) is 71.5 Å². The molecule has 0 unspecified atom stereocenters. The number of aliphatic hydroxyl groups is 14. The predicted octanol–water partition coefficient (Wildman–Crippen LogP) is -9.75. The highest BCUT2D eigenvalue weighted by atomic mass is 16.7. The molecule has 14 N–H and O–H groups in total. The summed E-state index contributed by atoms with van der Waals surface area (Å²) < 4.78 is 37.2. The summed E-state index contributed by atoms with van der Waals surface area (Å²) in [6, 6.07) is 0. The van der Waals surface area contributed by atoms with Gasteiger partial charge in [-0.05, 0) is 0 Å². The number of hydrogen-bond donors (Lipinski definition) is 14. The Kier molecular flexibility index (Phi) is 12.8. The molecule has 264 valence electrons. The van der Waals surface area contributed by atoms with Gasteiger partial charge in [0.25, 0.3) is 0 Å². The first-order valence-corrected chi connectivity index (χ1v) is 14.1. The fraction of sp³-hybridized carbons (Fsp3) is 1.00. The Labute approximate surface area is 254 Å². The quantitative estimate of drug-likeness (QED) is 0.103. The molecule has 0 amide bonds. The van der Waals surface area contributed by atoms with E-state index in [2.05, 4.69) is 0 Å². The van der Waals surface area contributed by atoms with E-state index in [1.54, 1.807) is 0 Å². The number of rotatable bonds is 10. The normalized spacial score (nSPS) is 52.9. The number of aliphatic hydroxyl groups excluding tert-OH is 14. The van der Waals surface area contributed by atoms with Crippen molar-refractivity contribution >= 4 is 0 Å². The molecule has 0 bridgehead atoms.